The fourth-order valence-electron chi connectivity index (χ4n) is 2.31. The molecule has 1 saturated carbocycles. The van der Waals surface area contributed by atoms with E-state index in [2.05, 4.69) is 5.32 Å². The van der Waals surface area contributed by atoms with Gasteiger partial charge in [-0.3, -0.25) is 0 Å². The zero-order valence-corrected chi connectivity index (χ0v) is 8.18. The van der Waals surface area contributed by atoms with Crippen molar-refractivity contribution in [1.29, 1.82) is 0 Å². The van der Waals surface area contributed by atoms with Crippen LogP contribution in [0.2, 0.25) is 0 Å². The molecular weight excluding hydrogens is 148 g/mol. The van der Waals surface area contributed by atoms with Gasteiger partial charge in [0, 0.05) is 0 Å². The summed E-state index contributed by atoms with van der Waals surface area (Å²) in [5, 5.41) is 3.24. The Kier molecular flexibility index (Phi) is 4.62. The van der Waals surface area contributed by atoms with Crippen molar-refractivity contribution in [3.05, 3.63) is 0 Å². The summed E-state index contributed by atoms with van der Waals surface area (Å²) < 4.78 is 0. The molecule has 0 aromatic heterocycles. The van der Waals surface area contributed by atoms with Gasteiger partial charge in [0.25, 0.3) is 0 Å². The van der Waals surface area contributed by atoms with E-state index >= 15 is 0 Å². The molecule has 1 aliphatic carbocycles. The summed E-state index contributed by atoms with van der Waals surface area (Å²) in [5.74, 6) is 1.62. The van der Waals surface area contributed by atoms with E-state index < -0.39 is 0 Å². The number of hydrogen-bond donors (Lipinski definition) is 2. The molecule has 0 radical (unpaired) electrons. The van der Waals surface area contributed by atoms with E-state index in [0.29, 0.717) is 0 Å². The molecule has 0 aromatic rings. The molecule has 1 atom stereocenters. The molecule has 1 aliphatic rings. The van der Waals surface area contributed by atoms with Crippen molar-refractivity contribution in [1.82, 2.24) is 5.32 Å². The smallest absolute Gasteiger partial charge is 0.000880 e. The van der Waals surface area contributed by atoms with E-state index in [1.54, 1.807) is 0 Å². The second-order valence-corrected chi connectivity index (χ2v) is 3.95. The van der Waals surface area contributed by atoms with Crippen LogP contribution in [0.5, 0.6) is 0 Å². The van der Waals surface area contributed by atoms with Crippen molar-refractivity contribution < 1.29 is 0 Å². The summed E-state index contributed by atoms with van der Waals surface area (Å²) in [4.78, 5) is 0. The minimum absolute atomic E-state index is 0.718. The lowest BCUT2D eigenvalue weighted by Crippen LogP contribution is -2.33. The van der Waals surface area contributed by atoms with Crippen LogP contribution in [0.25, 0.3) is 0 Å². The standard InChI is InChI=1S/C10H22N2/c1-12-8-10(7-11)9-5-3-2-4-6-9/h9-10,12H,2-8,11H2,1H3. The Hall–Kier alpha value is -0.0800. The molecule has 0 aliphatic heterocycles. The quantitative estimate of drug-likeness (QED) is 0.668. The maximum Gasteiger partial charge on any atom is -0.000880 e. The van der Waals surface area contributed by atoms with Gasteiger partial charge in [-0.25, -0.2) is 0 Å². The average molecular weight is 170 g/mol. The summed E-state index contributed by atoms with van der Waals surface area (Å²) in [6.07, 6.45) is 7.09. The zero-order chi connectivity index (χ0) is 8.81. The second kappa shape index (κ2) is 5.55. The number of nitrogens with two attached hydrogens (primary N) is 1. The summed E-state index contributed by atoms with van der Waals surface area (Å²) in [6, 6.07) is 0. The van der Waals surface area contributed by atoms with E-state index in [0.717, 1.165) is 24.9 Å². The molecule has 0 spiro atoms. The van der Waals surface area contributed by atoms with Crippen LogP contribution in [-0.4, -0.2) is 20.1 Å². The molecule has 0 bridgehead atoms. The van der Waals surface area contributed by atoms with Gasteiger partial charge in [0.1, 0.15) is 0 Å². The van der Waals surface area contributed by atoms with Gasteiger partial charge < -0.3 is 11.1 Å². The third kappa shape index (κ3) is 2.76. The molecule has 12 heavy (non-hydrogen) atoms. The van der Waals surface area contributed by atoms with Gasteiger partial charge in [-0.2, -0.15) is 0 Å². The van der Waals surface area contributed by atoms with Gasteiger partial charge in [-0.05, 0) is 32.0 Å². The normalized spacial score (nSPS) is 22.5. The van der Waals surface area contributed by atoms with Crippen molar-refractivity contribution in [3.8, 4) is 0 Å². The molecule has 3 N–H and O–H groups in total. The topological polar surface area (TPSA) is 38.0 Å². The van der Waals surface area contributed by atoms with Gasteiger partial charge in [0.05, 0.1) is 0 Å². The van der Waals surface area contributed by atoms with Gasteiger partial charge in [-0.15, -0.1) is 0 Å². The summed E-state index contributed by atoms with van der Waals surface area (Å²) in [6.45, 7) is 1.95. The highest BCUT2D eigenvalue weighted by Gasteiger charge is 2.21. The maximum absolute atomic E-state index is 5.75. The third-order valence-corrected chi connectivity index (χ3v) is 3.09. The predicted octanol–water partition coefficient (Wildman–Crippen LogP) is 1.36. The monoisotopic (exact) mass is 170 g/mol. The van der Waals surface area contributed by atoms with Crippen molar-refractivity contribution in [2.24, 2.45) is 17.6 Å². The highest BCUT2D eigenvalue weighted by Crippen LogP contribution is 2.29. The van der Waals surface area contributed by atoms with E-state index in [4.69, 9.17) is 5.73 Å². The maximum atomic E-state index is 5.75. The largest absolute Gasteiger partial charge is 0.330 e. The summed E-state index contributed by atoms with van der Waals surface area (Å²) >= 11 is 0. The minimum atomic E-state index is 0.718. The lowest BCUT2D eigenvalue weighted by atomic mass is 9.80. The SMILES string of the molecule is CNCC(CN)C1CCCCC1. The van der Waals surface area contributed by atoms with Crippen LogP contribution in [-0.2, 0) is 0 Å². The molecule has 1 rings (SSSR count). The molecule has 1 fully saturated rings. The fraction of sp³-hybridized carbons (Fsp3) is 1.00. The first-order chi connectivity index (χ1) is 5.88. The van der Waals surface area contributed by atoms with Crippen LogP contribution in [0, 0.1) is 11.8 Å². The van der Waals surface area contributed by atoms with E-state index in [1.165, 1.54) is 32.1 Å². The molecular formula is C10H22N2. The van der Waals surface area contributed by atoms with Crippen LogP contribution >= 0.6 is 0 Å². The lowest BCUT2D eigenvalue weighted by molar-refractivity contribution is 0.249. The van der Waals surface area contributed by atoms with Crippen molar-refractivity contribution in [2.45, 2.75) is 32.1 Å². The zero-order valence-electron chi connectivity index (χ0n) is 8.18. The fourth-order valence-corrected chi connectivity index (χ4v) is 2.31. The van der Waals surface area contributed by atoms with E-state index in [1.807, 2.05) is 7.05 Å². The number of hydrogen-bond acceptors (Lipinski definition) is 2. The van der Waals surface area contributed by atoms with Crippen LogP contribution in [0.4, 0.5) is 0 Å². The Balaban J connectivity index is 2.29. The van der Waals surface area contributed by atoms with Gasteiger partial charge in [0.15, 0.2) is 0 Å². The Morgan fingerprint density at radius 1 is 1.33 bits per heavy atom. The third-order valence-electron chi connectivity index (χ3n) is 3.09. The number of rotatable bonds is 4. The highest BCUT2D eigenvalue weighted by molar-refractivity contribution is 4.75. The Morgan fingerprint density at radius 2 is 2.00 bits per heavy atom. The second-order valence-electron chi connectivity index (χ2n) is 3.95. The molecule has 72 valence electrons. The minimum Gasteiger partial charge on any atom is -0.330 e. The molecule has 0 amide bonds. The number of nitrogens with one attached hydrogen (secondary N) is 1. The molecule has 0 heterocycles. The van der Waals surface area contributed by atoms with Gasteiger partial charge in [-0.1, -0.05) is 32.1 Å². The van der Waals surface area contributed by atoms with E-state index in [-0.39, 0.29) is 0 Å². The molecule has 0 aromatic carbocycles. The first-order valence-electron chi connectivity index (χ1n) is 5.23. The Bertz CT molecular complexity index is 106. The van der Waals surface area contributed by atoms with Gasteiger partial charge in [0.2, 0.25) is 0 Å². The first kappa shape index (κ1) is 10.0. The van der Waals surface area contributed by atoms with E-state index in [9.17, 15) is 0 Å². The first-order valence-corrected chi connectivity index (χ1v) is 5.23. The van der Waals surface area contributed by atoms with Crippen LogP contribution in [0.1, 0.15) is 32.1 Å². The molecule has 1 unspecified atom stereocenters. The Labute approximate surface area is 75.9 Å². The summed E-state index contributed by atoms with van der Waals surface area (Å²) in [5.41, 5.74) is 5.75. The summed E-state index contributed by atoms with van der Waals surface area (Å²) in [7, 11) is 2.02. The highest BCUT2D eigenvalue weighted by atomic mass is 14.8. The van der Waals surface area contributed by atoms with Gasteiger partial charge >= 0.3 is 0 Å². The van der Waals surface area contributed by atoms with Crippen molar-refractivity contribution >= 4 is 0 Å². The molecule has 2 heteroatoms. The predicted molar refractivity (Wildman–Crippen MR) is 53.0 cm³/mol. The molecule has 0 saturated heterocycles. The molecule has 2 nitrogen and oxygen atoms in total. The van der Waals surface area contributed by atoms with Crippen molar-refractivity contribution in [2.75, 3.05) is 20.1 Å². The average Bonchev–Trinajstić information content (AvgIpc) is 2.15. The Morgan fingerprint density at radius 3 is 2.50 bits per heavy atom. The van der Waals surface area contributed by atoms with Crippen molar-refractivity contribution in [3.63, 3.8) is 0 Å². The van der Waals surface area contributed by atoms with Crippen LogP contribution in [0.15, 0.2) is 0 Å². The lowest BCUT2D eigenvalue weighted by Gasteiger charge is -2.29. The van der Waals surface area contributed by atoms with Crippen LogP contribution in [0.3, 0.4) is 0 Å². The van der Waals surface area contributed by atoms with Crippen LogP contribution < -0.4 is 11.1 Å².